The smallest absolute Gasteiger partial charge is 0.378 e. The fraction of sp³-hybridized carbons (Fsp3) is 0.231. The van der Waals surface area contributed by atoms with Gasteiger partial charge in [-0.2, -0.15) is 13.2 Å². The summed E-state index contributed by atoms with van der Waals surface area (Å²) in [5, 5.41) is 2.84. The van der Waals surface area contributed by atoms with E-state index in [0.29, 0.717) is 6.54 Å². The van der Waals surface area contributed by atoms with Crippen molar-refractivity contribution in [3.8, 4) is 0 Å². The van der Waals surface area contributed by atoms with Crippen LogP contribution in [0.3, 0.4) is 0 Å². The van der Waals surface area contributed by atoms with Crippen molar-refractivity contribution in [3.63, 3.8) is 0 Å². The third kappa shape index (κ3) is 3.48. The minimum Gasteiger partial charge on any atom is -0.378 e. The molecule has 108 valence electrons. The van der Waals surface area contributed by atoms with E-state index in [1.54, 1.807) is 0 Å². The molecule has 1 nitrogen and oxygen atoms in total. The number of rotatable bonds is 3. The first kappa shape index (κ1) is 15.7. The molecule has 0 aliphatic rings. The molecular weight excluding hydrogens is 375 g/mol. The molecule has 1 aromatic carbocycles. The molecule has 7 heteroatoms. The Bertz CT molecular complexity index is 605. The predicted molar refractivity (Wildman–Crippen MR) is 80.5 cm³/mol. The van der Waals surface area contributed by atoms with Gasteiger partial charge in [0, 0.05) is 20.8 Å². The zero-order valence-corrected chi connectivity index (χ0v) is 13.5. The minimum absolute atomic E-state index is 0.0622. The van der Waals surface area contributed by atoms with Gasteiger partial charge >= 0.3 is 6.18 Å². The minimum atomic E-state index is -4.43. The second kappa shape index (κ2) is 5.95. The highest BCUT2D eigenvalue weighted by atomic mass is 79.9. The van der Waals surface area contributed by atoms with Crippen LogP contribution in [0.2, 0.25) is 5.02 Å². The molecule has 0 spiro atoms. The molecule has 0 unspecified atom stereocenters. The van der Waals surface area contributed by atoms with Gasteiger partial charge in [-0.1, -0.05) is 17.7 Å². The Labute approximate surface area is 131 Å². The molecule has 0 saturated heterocycles. The van der Waals surface area contributed by atoms with Crippen molar-refractivity contribution >= 4 is 44.6 Å². The molecule has 20 heavy (non-hydrogen) atoms. The molecule has 0 saturated carbocycles. The van der Waals surface area contributed by atoms with Crippen LogP contribution in [-0.2, 0) is 12.7 Å². The zero-order chi connectivity index (χ0) is 14.9. The first-order valence-corrected chi connectivity index (χ1v) is 7.62. The molecule has 0 atom stereocenters. The van der Waals surface area contributed by atoms with E-state index >= 15 is 0 Å². The molecule has 2 rings (SSSR count). The van der Waals surface area contributed by atoms with Gasteiger partial charge in [-0.25, -0.2) is 0 Å². The summed E-state index contributed by atoms with van der Waals surface area (Å²) in [6, 6.07) is 5.64. The summed E-state index contributed by atoms with van der Waals surface area (Å²) in [5.74, 6) is 0. The zero-order valence-electron chi connectivity index (χ0n) is 10.3. The van der Waals surface area contributed by atoms with Crippen molar-refractivity contribution in [2.45, 2.75) is 19.6 Å². The Morgan fingerprint density at radius 2 is 2.05 bits per heavy atom. The van der Waals surface area contributed by atoms with Gasteiger partial charge in [0.2, 0.25) is 0 Å². The standard InChI is InChI=1S/C13H10BrClF3NS/c1-7-10(14)5-8(20-7)6-19-12-9(13(16,17)18)3-2-4-11(12)15/h2-5,19H,6H2,1H3. The highest BCUT2D eigenvalue weighted by Crippen LogP contribution is 2.39. The lowest BCUT2D eigenvalue weighted by atomic mass is 10.1. The summed E-state index contributed by atoms with van der Waals surface area (Å²) < 4.78 is 39.7. The molecule has 0 aliphatic carbocycles. The molecule has 0 amide bonds. The van der Waals surface area contributed by atoms with Gasteiger partial charge in [-0.05, 0) is 41.1 Å². The summed E-state index contributed by atoms with van der Waals surface area (Å²) in [6.07, 6.45) is -4.43. The second-order valence-corrected chi connectivity index (χ2v) is 6.73. The Morgan fingerprint density at radius 1 is 1.35 bits per heavy atom. The molecule has 2 aromatic rings. The Hall–Kier alpha value is -0.720. The van der Waals surface area contributed by atoms with E-state index in [0.717, 1.165) is 20.3 Å². The molecule has 0 aliphatic heterocycles. The second-order valence-electron chi connectivity index (χ2n) is 4.13. The van der Waals surface area contributed by atoms with Gasteiger partial charge in [0.1, 0.15) is 0 Å². The number of aryl methyl sites for hydroxylation is 1. The van der Waals surface area contributed by atoms with Crippen molar-refractivity contribution < 1.29 is 13.2 Å². The first-order chi connectivity index (χ1) is 9.29. The topological polar surface area (TPSA) is 12.0 Å². The maximum Gasteiger partial charge on any atom is 0.418 e. The van der Waals surface area contributed by atoms with E-state index in [1.807, 2.05) is 13.0 Å². The van der Waals surface area contributed by atoms with Crippen LogP contribution < -0.4 is 5.32 Å². The van der Waals surface area contributed by atoms with Gasteiger partial charge in [0.15, 0.2) is 0 Å². The van der Waals surface area contributed by atoms with Gasteiger partial charge in [0.25, 0.3) is 0 Å². The fourth-order valence-electron chi connectivity index (χ4n) is 1.72. The van der Waals surface area contributed by atoms with Crippen LogP contribution in [0, 0.1) is 6.92 Å². The molecule has 1 heterocycles. The van der Waals surface area contributed by atoms with Crippen LogP contribution in [0.5, 0.6) is 0 Å². The summed E-state index contributed by atoms with van der Waals surface area (Å²) in [5.41, 5.74) is -0.832. The summed E-state index contributed by atoms with van der Waals surface area (Å²) in [4.78, 5) is 2.01. The molecule has 0 fully saturated rings. The van der Waals surface area contributed by atoms with Crippen molar-refractivity contribution in [2.24, 2.45) is 0 Å². The first-order valence-electron chi connectivity index (χ1n) is 5.63. The number of anilines is 1. The van der Waals surface area contributed by atoms with Crippen molar-refractivity contribution in [2.75, 3.05) is 5.32 Å². The maximum atomic E-state index is 12.9. The van der Waals surface area contributed by atoms with Crippen molar-refractivity contribution in [1.82, 2.24) is 0 Å². The Balaban J connectivity index is 2.25. The Morgan fingerprint density at radius 3 is 2.60 bits per heavy atom. The lowest BCUT2D eigenvalue weighted by molar-refractivity contribution is -0.136. The van der Waals surface area contributed by atoms with E-state index in [2.05, 4.69) is 21.2 Å². The van der Waals surface area contributed by atoms with Gasteiger partial charge in [-0.3, -0.25) is 0 Å². The quantitative estimate of drug-likeness (QED) is 0.674. The number of hydrogen-bond acceptors (Lipinski definition) is 2. The van der Waals surface area contributed by atoms with Crippen LogP contribution >= 0.6 is 38.9 Å². The van der Waals surface area contributed by atoms with Crippen molar-refractivity contribution in [3.05, 3.63) is 49.1 Å². The molecule has 1 N–H and O–H groups in total. The van der Waals surface area contributed by atoms with Gasteiger partial charge < -0.3 is 5.32 Å². The molecule has 0 bridgehead atoms. The largest absolute Gasteiger partial charge is 0.418 e. The number of benzene rings is 1. The third-order valence-electron chi connectivity index (χ3n) is 2.67. The predicted octanol–water partition coefficient (Wildman–Crippen LogP) is 6.10. The van der Waals surface area contributed by atoms with Crippen LogP contribution in [0.25, 0.3) is 0 Å². The number of nitrogens with one attached hydrogen (secondary N) is 1. The Kier molecular flexibility index (Phi) is 4.66. The summed E-state index contributed by atoms with van der Waals surface area (Å²) in [7, 11) is 0. The normalized spacial score (nSPS) is 11.7. The lowest BCUT2D eigenvalue weighted by Crippen LogP contribution is -2.10. The SMILES string of the molecule is Cc1sc(CNc2c(Cl)cccc2C(F)(F)F)cc1Br. The van der Waals surface area contributed by atoms with E-state index in [1.165, 1.54) is 23.5 Å². The molecular formula is C13H10BrClF3NS. The number of thiophene rings is 1. The van der Waals surface area contributed by atoms with Crippen LogP contribution in [0.4, 0.5) is 18.9 Å². The van der Waals surface area contributed by atoms with Gasteiger partial charge in [0.05, 0.1) is 16.3 Å². The van der Waals surface area contributed by atoms with E-state index in [9.17, 15) is 13.2 Å². The number of alkyl halides is 3. The van der Waals surface area contributed by atoms with Crippen LogP contribution in [-0.4, -0.2) is 0 Å². The maximum absolute atomic E-state index is 12.9. The van der Waals surface area contributed by atoms with Crippen LogP contribution in [0.1, 0.15) is 15.3 Å². The highest BCUT2D eigenvalue weighted by molar-refractivity contribution is 9.10. The number of hydrogen-bond donors (Lipinski definition) is 1. The van der Waals surface area contributed by atoms with Crippen molar-refractivity contribution in [1.29, 1.82) is 0 Å². The number of halogens is 5. The molecule has 0 radical (unpaired) electrons. The fourth-order valence-corrected chi connectivity index (χ4v) is 3.50. The lowest BCUT2D eigenvalue weighted by Gasteiger charge is -2.15. The average Bonchev–Trinajstić information content (AvgIpc) is 2.66. The monoisotopic (exact) mass is 383 g/mol. The molecule has 1 aromatic heterocycles. The van der Waals surface area contributed by atoms with Crippen LogP contribution in [0.15, 0.2) is 28.7 Å². The van der Waals surface area contributed by atoms with Gasteiger partial charge in [-0.15, -0.1) is 11.3 Å². The summed E-state index contributed by atoms with van der Waals surface area (Å²) in [6.45, 7) is 2.23. The third-order valence-corrected chi connectivity index (χ3v) is 5.12. The highest BCUT2D eigenvalue weighted by Gasteiger charge is 2.34. The number of para-hydroxylation sites is 1. The van der Waals surface area contributed by atoms with E-state index in [-0.39, 0.29) is 10.7 Å². The van der Waals surface area contributed by atoms with E-state index < -0.39 is 11.7 Å². The van der Waals surface area contributed by atoms with E-state index in [4.69, 9.17) is 11.6 Å². The average molecular weight is 385 g/mol. The summed E-state index contributed by atoms with van der Waals surface area (Å²) >= 11 is 10.8.